The van der Waals surface area contributed by atoms with Gasteiger partial charge >= 0.3 is 0 Å². The van der Waals surface area contributed by atoms with E-state index in [0.29, 0.717) is 32.0 Å². The van der Waals surface area contributed by atoms with Crippen LogP contribution < -0.4 is 5.32 Å². The smallest absolute Gasteiger partial charge is 0.222 e. The average molecular weight is 271 g/mol. The maximum atomic E-state index is 11.3. The SMILES string of the molecule is CC(C)C(=O)CCCOCCCCNC(=O)C(C)C. The van der Waals surface area contributed by atoms with Crippen molar-refractivity contribution in [1.82, 2.24) is 5.32 Å². The van der Waals surface area contributed by atoms with Crippen LogP contribution in [0, 0.1) is 11.8 Å². The highest BCUT2D eigenvalue weighted by Gasteiger charge is 2.06. The van der Waals surface area contributed by atoms with E-state index >= 15 is 0 Å². The van der Waals surface area contributed by atoms with Gasteiger partial charge in [0, 0.05) is 38.0 Å². The summed E-state index contributed by atoms with van der Waals surface area (Å²) < 4.78 is 5.45. The second-order valence-corrected chi connectivity index (χ2v) is 5.49. The van der Waals surface area contributed by atoms with E-state index in [2.05, 4.69) is 5.32 Å². The average Bonchev–Trinajstić information content (AvgIpc) is 2.35. The molecule has 0 aliphatic heterocycles. The number of amides is 1. The van der Waals surface area contributed by atoms with Crippen molar-refractivity contribution in [2.45, 2.75) is 53.4 Å². The van der Waals surface area contributed by atoms with Gasteiger partial charge in [0.1, 0.15) is 5.78 Å². The predicted octanol–water partition coefficient (Wildman–Crippen LogP) is 2.56. The lowest BCUT2D eigenvalue weighted by molar-refractivity contribution is -0.124. The molecule has 0 saturated carbocycles. The van der Waals surface area contributed by atoms with Crippen molar-refractivity contribution in [2.24, 2.45) is 11.8 Å². The summed E-state index contributed by atoms with van der Waals surface area (Å²) in [4.78, 5) is 22.6. The Morgan fingerprint density at radius 1 is 0.947 bits per heavy atom. The fourth-order valence-electron chi connectivity index (χ4n) is 1.48. The molecule has 0 saturated heterocycles. The molecule has 0 fully saturated rings. The quantitative estimate of drug-likeness (QED) is 0.588. The van der Waals surface area contributed by atoms with Crippen molar-refractivity contribution in [2.75, 3.05) is 19.8 Å². The summed E-state index contributed by atoms with van der Waals surface area (Å²) >= 11 is 0. The van der Waals surface area contributed by atoms with Crippen LogP contribution in [0.15, 0.2) is 0 Å². The highest BCUT2D eigenvalue weighted by Crippen LogP contribution is 2.02. The van der Waals surface area contributed by atoms with Gasteiger partial charge in [-0.25, -0.2) is 0 Å². The topological polar surface area (TPSA) is 55.4 Å². The summed E-state index contributed by atoms with van der Waals surface area (Å²) in [6.45, 7) is 9.69. The zero-order chi connectivity index (χ0) is 14.7. The standard InChI is InChI=1S/C15H29NO3/c1-12(2)14(17)8-7-11-19-10-6-5-9-16-15(18)13(3)4/h12-13H,5-11H2,1-4H3,(H,16,18). The van der Waals surface area contributed by atoms with E-state index in [1.807, 2.05) is 27.7 Å². The summed E-state index contributed by atoms with van der Waals surface area (Å²) in [7, 11) is 0. The van der Waals surface area contributed by atoms with Crippen molar-refractivity contribution in [3.63, 3.8) is 0 Å². The van der Waals surface area contributed by atoms with Gasteiger partial charge in [-0.1, -0.05) is 27.7 Å². The molecule has 0 aromatic rings. The van der Waals surface area contributed by atoms with Gasteiger partial charge in [0.2, 0.25) is 5.91 Å². The Morgan fingerprint density at radius 2 is 1.58 bits per heavy atom. The molecule has 0 radical (unpaired) electrons. The van der Waals surface area contributed by atoms with Crippen LogP contribution in [0.25, 0.3) is 0 Å². The molecule has 4 heteroatoms. The Balaban J connectivity index is 3.24. The Kier molecular flexibility index (Phi) is 10.5. The number of ketones is 1. The lowest BCUT2D eigenvalue weighted by Crippen LogP contribution is -2.28. The molecule has 0 atom stereocenters. The summed E-state index contributed by atoms with van der Waals surface area (Å²) in [6.07, 6.45) is 3.29. The number of hydrogen-bond donors (Lipinski definition) is 1. The number of carbonyl (C=O) groups is 2. The number of unbranched alkanes of at least 4 members (excludes halogenated alkanes) is 1. The van der Waals surface area contributed by atoms with Crippen LogP contribution in [0.4, 0.5) is 0 Å². The molecule has 0 spiro atoms. The van der Waals surface area contributed by atoms with Crippen molar-refractivity contribution < 1.29 is 14.3 Å². The number of carbonyl (C=O) groups excluding carboxylic acids is 2. The van der Waals surface area contributed by atoms with Gasteiger partial charge < -0.3 is 10.1 Å². The predicted molar refractivity (Wildman–Crippen MR) is 77.0 cm³/mol. The number of rotatable bonds is 11. The third-order valence-corrected chi connectivity index (χ3v) is 2.89. The largest absolute Gasteiger partial charge is 0.381 e. The Labute approximate surface area is 117 Å². The molecule has 0 rings (SSSR count). The van der Waals surface area contributed by atoms with E-state index in [4.69, 9.17) is 4.74 Å². The maximum absolute atomic E-state index is 11.3. The van der Waals surface area contributed by atoms with Crippen LogP contribution in [0.3, 0.4) is 0 Å². The minimum atomic E-state index is 0.0507. The maximum Gasteiger partial charge on any atom is 0.222 e. The van der Waals surface area contributed by atoms with Crippen molar-refractivity contribution >= 4 is 11.7 Å². The van der Waals surface area contributed by atoms with Crippen molar-refractivity contribution in [1.29, 1.82) is 0 Å². The Hall–Kier alpha value is -0.900. The molecule has 112 valence electrons. The molecular formula is C15H29NO3. The number of Topliss-reactive ketones (excluding diaryl/α,β-unsaturated/α-hetero) is 1. The molecule has 0 bridgehead atoms. The van der Waals surface area contributed by atoms with E-state index in [-0.39, 0.29) is 17.7 Å². The second-order valence-electron chi connectivity index (χ2n) is 5.49. The molecule has 1 amide bonds. The summed E-state index contributed by atoms with van der Waals surface area (Å²) in [5.41, 5.74) is 0. The van der Waals surface area contributed by atoms with Gasteiger partial charge in [-0.15, -0.1) is 0 Å². The fraction of sp³-hybridized carbons (Fsp3) is 0.867. The third-order valence-electron chi connectivity index (χ3n) is 2.89. The third kappa shape index (κ3) is 10.7. The van der Waals surface area contributed by atoms with E-state index in [0.717, 1.165) is 19.3 Å². The molecule has 0 aromatic carbocycles. The molecular weight excluding hydrogens is 242 g/mol. The first-order valence-corrected chi connectivity index (χ1v) is 7.33. The summed E-state index contributed by atoms with van der Waals surface area (Å²) in [5, 5.41) is 2.87. The molecule has 0 aliphatic carbocycles. The molecule has 0 unspecified atom stereocenters. The van der Waals surface area contributed by atoms with Gasteiger partial charge in [0.05, 0.1) is 0 Å². The van der Waals surface area contributed by atoms with Gasteiger partial charge in [-0.3, -0.25) is 9.59 Å². The summed E-state index contributed by atoms with van der Waals surface area (Å²) in [6, 6.07) is 0. The first kappa shape index (κ1) is 18.1. The van der Waals surface area contributed by atoms with E-state index in [1.54, 1.807) is 0 Å². The van der Waals surface area contributed by atoms with E-state index in [1.165, 1.54) is 0 Å². The molecule has 0 aliphatic rings. The zero-order valence-corrected chi connectivity index (χ0v) is 12.8. The highest BCUT2D eigenvalue weighted by molar-refractivity contribution is 5.80. The van der Waals surface area contributed by atoms with Crippen LogP contribution in [0.1, 0.15) is 53.4 Å². The molecule has 19 heavy (non-hydrogen) atoms. The van der Waals surface area contributed by atoms with Crippen molar-refractivity contribution in [3.8, 4) is 0 Å². The van der Waals surface area contributed by atoms with Crippen LogP contribution in [0.2, 0.25) is 0 Å². The first-order valence-electron chi connectivity index (χ1n) is 7.33. The minimum absolute atomic E-state index is 0.0507. The van der Waals surface area contributed by atoms with Gasteiger partial charge in [-0.05, 0) is 19.3 Å². The van der Waals surface area contributed by atoms with Crippen LogP contribution in [0.5, 0.6) is 0 Å². The van der Waals surface area contributed by atoms with Crippen molar-refractivity contribution in [3.05, 3.63) is 0 Å². The van der Waals surface area contributed by atoms with Crippen LogP contribution in [-0.2, 0) is 14.3 Å². The highest BCUT2D eigenvalue weighted by atomic mass is 16.5. The van der Waals surface area contributed by atoms with Crippen LogP contribution in [-0.4, -0.2) is 31.4 Å². The minimum Gasteiger partial charge on any atom is -0.381 e. The van der Waals surface area contributed by atoms with Crippen LogP contribution >= 0.6 is 0 Å². The summed E-state index contributed by atoms with van der Waals surface area (Å²) in [5.74, 6) is 0.590. The van der Waals surface area contributed by atoms with E-state index in [9.17, 15) is 9.59 Å². The number of nitrogens with one attached hydrogen (secondary N) is 1. The lowest BCUT2D eigenvalue weighted by Gasteiger charge is -2.08. The van der Waals surface area contributed by atoms with Gasteiger partial charge in [0.15, 0.2) is 0 Å². The lowest BCUT2D eigenvalue weighted by atomic mass is 10.1. The Bertz CT molecular complexity index is 236. The van der Waals surface area contributed by atoms with Gasteiger partial charge in [0.25, 0.3) is 0 Å². The Morgan fingerprint density at radius 3 is 2.16 bits per heavy atom. The molecule has 0 aromatic heterocycles. The first-order chi connectivity index (χ1) is 8.95. The van der Waals surface area contributed by atoms with Gasteiger partial charge in [-0.2, -0.15) is 0 Å². The molecule has 1 N–H and O–H groups in total. The van der Waals surface area contributed by atoms with E-state index < -0.39 is 0 Å². The normalized spacial score (nSPS) is 11.1. The zero-order valence-electron chi connectivity index (χ0n) is 12.8. The number of ether oxygens (including phenoxy) is 1. The second kappa shape index (κ2) is 11.0. The monoisotopic (exact) mass is 271 g/mol. The fourth-order valence-corrected chi connectivity index (χ4v) is 1.48. The molecule has 0 heterocycles. The number of hydrogen-bond acceptors (Lipinski definition) is 3. The molecule has 4 nitrogen and oxygen atoms in total.